The minimum atomic E-state index is -0.397. The van der Waals surface area contributed by atoms with Gasteiger partial charge in [-0.2, -0.15) is 0 Å². The van der Waals surface area contributed by atoms with Crippen LogP contribution in [0.15, 0.2) is 102 Å². The second-order valence-corrected chi connectivity index (χ2v) is 9.59. The second-order valence-electron chi connectivity index (χ2n) is 9.59. The zero-order valence-corrected chi connectivity index (χ0v) is 21.1. The molecule has 0 aliphatic carbocycles. The van der Waals surface area contributed by atoms with Crippen molar-refractivity contribution in [2.45, 2.75) is 20.0 Å². The van der Waals surface area contributed by atoms with Crippen molar-refractivity contribution in [1.29, 1.82) is 0 Å². The molecule has 1 aromatic heterocycles. The van der Waals surface area contributed by atoms with Crippen LogP contribution in [0.3, 0.4) is 0 Å². The first-order valence-electron chi connectivity index (χ1n) is 12.7. The lowest BCUT2D eigenvalue weighted by Gasteiger charge is -2.36. The van der Waals surface area contributed by atoms with Gasteiger partial charge in [-0.25, -0.2) is 0 Å². The van der Waals surface area contributed by atoms with Crippen molar-refractivity contribution in [2.24, 2.45) is 0 Å². The van der Waals surface area contributed by atoms with Crippen LogP contribution in [0.25, 0.3) is 0 Å². The van der Waals surface area contributed by atoms with Crippen molar-refractivity contribution in [3.05, 3.63) is 130 Å². The van der Waals surface area contributed by atoms with Crippen LogP contribution in [0.4, 0.5) is 11.4 Å². The SMILES string of the molecule is Cc1cccc(Cn2cccc(C(=O)Nc3ccc(N4CCN(Cc5ccccc5)CC4)cc3)c2=O)c1. The van der Waals surface area contributed by atoms with E-state index in [1.807, 2.05) is 55.5 Å². The number of hydrogen-bond donors (Lipinski definition) is 1. The quantitative estimate of drug-likeness (QED) is 0.404. The Labute approximate surface area is 217 Å². The highest BCUT2D eigenvalue weighted by molar-refractivity contribution is 6.04. The van der Waals surface area contributed by atoms with Gasteiger partial charge in [0.25, 0.3) is 11.5 Å². The highest BCUT2D eigenvalue weighted by atomic mass is 16.2. The van der Waals surface area contributed by atoms with E-state index in [1.54, 1.807) is 22.9 Å². The van der Waals surface area contributed by atoms with E-state index in [1.165, 1.54) is 5.56 Å². The number of nitrogens with one attached hydrogen (secondary N) is 1. The fourth-order valence-corrected chi connectivity index (χ4v) is 4.80. The first kappa shape index (κ1) is 24.5. The van der Waals surface area contributed by atoms with Crippen molar-refractivity contribution in [3.8, 4) is 0 Å². The molecule has 0 radical (unpaired) electrons. The van der Waals surface area contributed by atoms with E-state index in [-0.39, 0.29) is 11.1 Å². The van der Waals surface area contributed by atoms with E-state index in [0.29, 0.717) is 12.2 Å². The average Bonchev–Trinajstić information content (AvgIpc) is 2.91. The summed E-state index contributed by atoms with van der Waals surface area (Å²) < 4.78 is 1.57. The number of anilines is 2. The van der Waals surface area contributed by atoms with Gasteiger partial charge in [0, 0.05) is 50.3 Å². The Bertz CT molecular complexity index is 1410. The number of aryl methyl sites for hydroxylation is 1. The molecule has 0 unspecified atom stereocenters. The van der Waals surface area contributed by atoms with Gasteiger partial charge in [-0.05, 0) is 54.4 Å². The molecule has 4 aromatic rings. The van der Waals surface area contributed by atoms with E-state index in [9.17, 15) is 9.59 Å². The van der Waals surface area contributed by atoms with Gasteiger partial charge < -0.3 is 14.8 Å². The average molecular weight is 493 g/mol. The Morgan fingerprint density at radius 3 is 2.24 bits per heavy atom. The first-order chi connectivity index (χ1) is 18.0. The normalized spacial score (nSPS) is 13.9. The van der Waals surface area contributed by atoms with Crippen molar-refractivity contribution >= 4 is 17.3 Å². The molecule has 0 atom stereocenters. The number of rotatable bonds is 7. The van der Waals surface area contributed by atoms with Crippen LogP contribution >= 0.6 is 0 Å². The number of piperazine rings is 1. The molecule has 6 nitrogen and oxygen atoms in total. The molecule has 37 heavy (non-hydrogen) atoms. The van der Waals surface area contributed by atoms with Crippen LogP contribution in [0.5, 0.6) is 0 Å². The standard InChI is InChI=1S/C31H32N4O2/c1-24-7-5-10-26(21-24)23-35-16-6-11-29(31(35)37)30(36)32-27-12-14-28(15-13-27)34-19-17-33(18-20-34)22-25-8-3-2-4-9-25/h2-16,21H,17-20,22-23H2,1H3,(H,32,36). The smallest absolute Gasteiger partial charge is 0.263 e. The van der Waals surface area contributed by atoms with Gasteiger partial charge in [0.2, 0.25) is 0 Å². The van der Waals surface area contributed by atoms with Gasteiger partial charge in [-0.3, -0.25) is 14.5 Å². The van der Waals surface area contributed by atoms with Crippen molar-refractivity contribution in [3.63, 3.8) is 0 Å². The monoisotopic (exact) mass is 492 g/mol. The minimum absolute atomic E-state index is 0.133. The molecule has 1 fully saturated rings. The van der Waals surface area contributed by atoms with Crippen LogP contribution in [-0.4, -0.2) is 41.6 Å². The van der Waals surface area contributed by atoms with Gasteiger partial charge in [0.15, 0.2) is 0 Å². The molecule has 2 heterocycles. The molecule has 0 spiro atoms. The topological polar surface area (TPSA) is 57.6 Å². The van der Waals surface area contributed by atoms with Crippen LogP contribution in [-0.2, 0) is 13.1 Å². The molecule has 188 valence electrons. The summed E-state index contributed by atoms with van der Waals surface area (Å²) in [7, 11) is 0. The maximum atomic E-state index is 13.0. The van der Waals surface area contributed by atoms with Crippen molar-refractivity contribution in [1.82, 2.24) is 9.47 Å². The lowest BCUT2D eigenvalue weighted by Crippen LogP contribution is -2.45. The number of benzene rings is 3. The fourth-order valence-electron chi connectivity index (χ4n) is 4.80. The van der Waals surface area contributed by atoms with E-state index < -0.39 is 5.91 Å². The third-order valence-electron chi connectivity index (χ3n) is 6.81. The number of aromatic nitrogens is 1. The largest absolute Gasteiger partial charge is 0.369 e. The predicted octanol–water partition coefficient (Wildman–Crippen LogP) is 4.78. The highest BCUT2D eigenvalue weighted by Gasteiger charge is 2.18. The van der Waals surface area contributed by atoms with E-state index in [4.69, 9.17) is 0 Å². The number of carbonyl (C=O) groups is 1. The molecule has 1 amide bonds. The Morgan fingerprint density at radius 1 is 0.784 bits per heavy atom. The summed E-state index contributed by atoms with van der Waals surface area (Å²) in [5, 5.41) is 2.88. The molecule has 1 aliphatic rings. The van der Waals surface area contributed by atoms with Gasteiger partial charge in [0.05, 0.1) is 6.54 Å². The van der Waals surface area contributed by atoms with Gasteiger partial charge >= 0.3 is 0 Å². The summed E-state index contributed by atoms with van der Waals surface area (Å²) in [5.41, 5.74) is 5.15. The first-order valence-corrected chi connectivity index (χ1v) is 12.7. The maximum Gasteiger partial charge on any atom is 0.263 e. The zero-order valence-electron chi connectivity index (χ0n) is 21.1. The second kappa shape index (κ2) is 11.3. The van der Waals surface area contributed by atoms with Crippen LogP contribution < -0.4 is 15.8 Å². The van der Waals surface area contributed by atoms with Gasteiger partial charge in [0.1, 0.15) is 5.56 Å². The molecule has 1 saturated heterocycles. The van der Waals surface area contributed by atoms with Crippen LogP contribution in [0.1, 0.15) is 27.0 Å². The highest BCUT2D eigenvalue weighted by Crippen LogP contribution is 2.20. The summed E-state index contributed by atoms with van der Waals surface area (Å²) in [4.78, 5) is 30.8. The fraction of sp³-hybridized carbons (Fsp3) is 0.226. The summed E-state index contributed by atoms with van der Waals surface area (Å²) >= 11 is 0. The Morgan fingerprint density at radius 2 is 1.51 bits per heavy atom. The molecule has 0 saturated carbocycles. The molecular weight excluding hydrogens is 460 g/mol. The van der Waals surface area contributed by atoms with E-state index >= 15 is 0 Å². The molecule has 1 N–H and O–H groups in total. The summed E-state index contributed by atoms with van der Waals surface area (Å²) in [6.07, 6.45) is 1.72. The van der Waals surface area contributed by atoms with Crippen LogP contribution in [0.2, 0.25) is 0 Å². The Kier molecular flexibility index (Phi) is 7.47. The predicted molar refractivity (Wildman–Crippen MR) is 149 cm³/mol. The molecule has 3 aromatic carbocycles. The minimum Gasteiger partial charge on any atom is -0.369 e. The maximum absolute atomic E-state index is 13.0. The third kappa shape index (κ3) is 6.16. The van der Waals surface area contributed by atoms with Gasteiger partial charge in [-0.15, -0.1) is 0 Å². The molecule has 0 bridgehead atoms. The lowest BCUT2D eigenvalue weighted by molar-refractivity contribution is 0.102. The van der Waals surface area contributed by atoms with Crippen molar-refractivity contribution < 1.29 is 4.79 Å². The van der Waals surface area contributed by atoms with Crippen molar-refractivity contribution in [2.75, 3.05) is 36.4 Å². The number of amides is 1. The number of carbonyl (C=O) groups excluding carboxylic acids is 1. The van der Waals surface area contributed by atoms with E-state index in [2.05, 4.69) is 45.4 Å². The summed E-state index contributed by atoms with van der Waals surface area (Å²) in [6, 6.07) is 29.8. The third-order valence-corrected chi connectivity index (χ3v) is 6.81. The molecule has 5 rings (SSSR count). The summed E-state index contributed by atoms with van der Waals surface area (Å²) in [5.74, 6) is -0.397. The summed E-state index contributed by atoms with van der Waals surface area (Å²) in [6.45, 7) is 7.37. The van der Waals surface area contributed by atoms with Gasteiger partial charge in [-0.1, -0.05) is 60.2 Å². The lowest BCUT2D eigenvalue weighted by atomic mass is 10.1. The number of nitrogens with zero attached hydrogens (tertiary/aromatic N) is 3. The number of pyridine rings is 1. The number of hydrogen-bond acceptors (Lipinski definition) is 4. The Hall–Kier alpha value is -4.16. The molecular formula is C31H32N4O2. The molecule has 6 heteroatoms. The Balaban J connectivity index is 1.18. The molecule has 1 aliphatic heterocycles. The van der Waals surface area contributed by atoms with Crippen LogP contribution in [0, 0.1) is 6.92 Å². The van der Waals surface area contributed by atoms with E-state index in [0.717, 1.165) is 49.5 Å². The zero-order chi connectivity index (χ0) is 25.6.